The van der Waals surface area contributed by atoms with Gasteiger partial charge in [-0.25, -0.2) is 18.7 Å². The molecule has 0 saturated carbocycles. The molecule has 0 aliphatic carbocycles. The summed E-state index contributed by atoms with van der Waals surface area (Å²) < 4.78 is 93.4. The summed E-state index contributed by atoms with van der Waals surface area (Å²) in [5, 5.41) is 12.1. The number of nitrogens with one attached hydrogen (secondary N) is 1. The Hall–Kier alpha value is -4.06. The number of alkyl halides is 3. The fraction of sp³-hybridized carbons (Fsp3) is 0.174. The summed E-state index contributed by atoms with van der Waals surface area (Å²) in [4.78, 5) is 20.4. The van der Waals surface area contributed by atoms with Gasteiger partial charge in [0.25, 0.3) is 5.91 Å². The Kier molecular flexibility index (Phi) is 5.00. The third kappa shape index (κ3) is 4.28. The van der Waals surface area contributed by atoms with E-state index in [0.29, 0.717) is 11.8 Å². The first-order chi connectivity index (χ1) is 17.6. The number of hydrogen-bond donors (Lipinski definition) is 3. The van der Waals surface area contributed by atoms with Crippen LogP contribution in [0.3, 0.4) is 0 Å². The van der Waals surface area contributed by atoms with Crippen molar-refractivity contribution in [3.63, 3.8) is 0 Å². The molecule has 0 bridgehead atoms. The van der Waals surface area contributed by atoms with E-state index in [2.05, 4.69) is 9.97 Å². The topological polar surface area (TPSA) is 106 Å². The Morgan fingerprint density at radius 1 is 1.23 bits per heavy atom. The van der Waals surface area contributed by atoms with Gasteiger partial charge in [0.15, 0.2) is 17.7 Å². The van der Waals surface area contributed by atoms with E-state index in [9.17, 15) is 23.1 Å². The molecule has 1 atom stereocenters. The summed E-state index contributed by atoms with van der Waals surface area (Å²) in [6.07, 6.45) is -5.58. The number of aromatic nitrogens is 3. The van der Waals surface area contributed by atoms with Crippen LogP contribution in [0.5, 0.6) is 0 Å². The van der Waals surface area contributed by atoms with Crippen molar-refractivity contribution in [2.24, 2.45) is 0 Å². The number of aliphatic hydroxyl groups excluding tert-OH is 1. The Balaban J connectivity index is 1.72. The summed E-state index contributed by atoms with van der Waals surface area (Å²) in [6.45, 7) is -1.23. The van der Waals surface area contributed by atoms with Crippen LogP contribution in [0.25, 0.3) is 16.8 Å². The zero-order valence-electron chi connectivity index (χ0n) is 20.8. The molecule has 12 heteroatoms. The summed E-state index contributed by atoms with van der Waals surface area (Å²) in [5.41, 5.74) is 3.06. The lowest BCUT2D eigenvalue weighted by atomic mass is 10.0. The molecule has 2 aromatic carbocycles. The molecule has 4 rings (SSSR count). The molecule has 4 N–H and O–H groups in total. The standard InChI is InChI=1S/C23H18F5N5O2/c1-10-9-30-21(29)19-18(31-11(2)33(10)19)14-6-7-15(17(25)16(14)24)32-22(35)20(34)12-4-3-5-13(8-12)23(26,27)28/h3-9,20,34H,1-2H3,(H2,29,30)(H,32,35)/i2D3. The molecule has 0 aliphatic rings. The van der Waals surface area contributed by atoms with Gasteiger partial charge in [0.2, 0.25) is 0 Å². The highest BCUT2D eigenvalue weighted by Gasteiger charge is 2.32. The number of amides is 1. The summed E-state index contributed by atoms with van der Waals surface area (Å²) in [6, 6.07) is 5.25. The van der Waals surface area contributed by atoms with Gasteiger partial charge in [0.05, 0.1) is 11.3 Å². The predicted molar refractivity (Wildman–Crippen MR) is 117 cm³/mol. The molecule has 1 amide bonds. The fourth-order valence-electron chi connectivity index (χ4n) is 3.54. The van der Waals surface area contributed by atoms with E-state index < -0.39 is 64.9 Å². The Bertz CT molecular complexity index is 1570. The van der Waals surface area contributed by atoms with E-state index in [1.165, 1.54) is 13.1 Å². The van der Waals surface area contributed by atoms with Crippen LogP contribution in [0.2, 0.25) is 0 Å². The quantitative estimate of drug-likeness (QED) is 0.361. The summed E-state index contributed by atoms with van der Waals surface area (Å²) in [5.74, 6) is -5.11. The van der Waals surface area contributed by atoms with Crippen LogP contribution in [-0.2, 0) is 11.0 Å². The highest BCUT2D eigenvalue weighted by Crippen LogP contribution is 2.34. The van der Waals surface area contributed by atoms with Gasteiger partial charge in [-0.2, -0.15) is 13.2 Å². The number of nitrogen functional groups attached to an aromatic ring is 1. The lowest BCUT2D eigenvalue weighted by Gasteiger charge is -2.15. The number of carbonyl (C=O) groups is 1. The fourth-order valence-corrected chi connectivity index (χ4v) is 3.54. The van der Waals surface area contributed by atoms with Crippen molar-refractivity contribution in [1.29, 1.82) is 0 Å². The van der Waals surface area contributed by atoms with E-state index in [4.69, 9.17) is 9.85 Å². The summed E-state index contributed by atoms with van der Waals surface area (Å²) >= 11 is 0. The van der Waals surface area contributed by atoms with Gasteiger partial charge in [-0.15, -0.1) is 0 Å². The molecule has 182 valence electrons. The monoisotopic (exact) mass is 494 g/mol. The van der Waals surface area contributed by atoms with E-state index in [-0.39, 0.29) is 17.0 Å². The normalized spacial score (nSPS) is 14.3. The first-order valence-electron chi connectivity index (χ1n) is 11.4. The Labute approximate surface area is 199 Å². The maximum atomic E-state index is 15.2. The number of nitrogens with zero attached hydrogens (tertiary/aromatic N) is 3. The number of anilines is 2. The molecular formula is C23H18F5N5O2. The lowest BCUT2D eigenvalue weighted by molar-refractivity contribution is -0.138. The average molecular weight is 494 g/mol. The van der Waals surface area contributed by atoms with Gasteiger partial charge >= 0.3 is 6.18 Å². The van der Waals surface area contributed by atoms with Gasteiger partial charge in [0, 0.05) is 21.6 Å². The maximum absolute atomic E-state index is 15.2. The van der Waals surface area contributed by atoms with Crippen LogP contribution in [0.15, 0.2) is 42.6 Å². The molecule has 2 aromatic heterocycles. The minimum atomic E-state index is -4.73. The minimum absolute atomic E-state index is 0.0776. The van der Waals surface area contributed by atoms with E-state index >= 15 is 8.78 Å². The van der Waals surface area contributed by atoms with Crippen LogP contribution < -0.4 is 11.1 Å². The molecular weight excluding hydrogens is 473 g/mol. The third-order valence-corrected chi connectivity index (χ3v) is 5.24. The second-order valence-electron chi connectivity index (χ2n) is 7.56. The minimum Gasteiger partial charge on any atom is -0.382 e. The van der Waals surface area contributed by atoms with Crippen LogP contribution in [0, 0.1) is 25.4 Å². The first-order valence-corrected chi connectivity index (χ1v) is 9.89. The van der Waals surface area contributed by atoms with Gasteiger partial charge in [-0.1, -0.05) is 12.1 Å². The molecule has 0 aliphatic heterocycles. The number of rotatable bonds is 4. The van der Waals surface area contributed by atoms with Crippen molar-refractivity contribution < 1.29 is 36.0 Å². The molecule has 35 heavy (non-hydrogen) atoms. The van der Waals surface area contributed by atoms with Crippen LogP contribution in [0.1, 0.15) is 32.9 Å². The van der Waals surface area contributed by atoms with Crippen LogP contribution in [-0.4, -0.2) is 25.4 Å². The smallest absolute Gasteiger partial charge is 0.382 e. The van der Waals surface area contributed by atoms with Gasteiger partial charge in [-0.05, 0) is 43.6 Å². The zero-order valence-corrected chi connectivity index (χ0v) is 17.8. The van der Waals surface area contributed by atoms with Crippen molar-refractivity contribution in [2.45, 2.75) is 26.1 Å². The average Bonchev–Trinajstić information content (AvgIpc) is 3.26. The van der Waals surface area contributed by atoms with Crippen LogP contribution in [0.4, 0.5) is 33.5 Å². The lowest BCUT2D eigenvalue weighted by Crippen LogP contribution is -2.22. The number of carbonyl (C=O) groups excluding carboxylic acids is 1. The Morgan fingerprint density at radius 2 is 1.97 bits per heavy atom. The number of nitrogens with two attached hydrogens (primary N) is 1. The summed E-state index contributed by atoms with van der Waals surface area (Å²) in [7, 11) is 0. The zero-order chi connectivity index (χ0) is 28.2. The van der Waals surface area contributed by atoms with Crippen molar-refractivity contribution in [3.8, 4) is 11.3 Å². The molecule has 4 aromatic rings. The first kappa shape index (κ1) is 20.3. The number of benzene rings is 2. The molecule has 0 spiro atoms. The van der Waals surface area contributed by atoms with E-state index in [1.54, 1.807) is 0 Å². The highest BCUT2D eigenvalue weighted by atomic mass is 19.4. The van der Waals surface area contributed by atoms with Crippen LogP contribution >= 0.6 is 0 Å². The SMILES string of the molecule is [2H]C([2H])([2H])c1nc(-c2ccc(NC(=O)C(O)c3cccc(C(F)(F)F)c3)c(F)c2F)c2c(N)ncc(C)n12. The number of imidazole rings is 1. The van der Waals surface area contributed by atoms with Gasteiger partial charge < -0.3 is 16.2 Å². The maximum Gasteiger partial charge on any atom is 0.416 e. The van der Waals surface area contributed by atoms with Crippen molar-refractivity contribution in [3.05, 3.63) is 76.9 Å². The number of aliphatic hydroxyl groups is 1. The number of aryl methyl sites for hydroxylation is 2. The van der Waals surface area contributed by atoms with Gasteiger partial charge in [0.1, 0.15) is 22.9 Å². The van der Waals surface area contributed by atoms with E-state index in [1.807, 2.05) is 5.32 Å². The Morgan fingerprint density at radius 3 is 2.66 bits per heavy atom. The van der Waals surface area contributed by atoms with Crippen molar-refractivity contribution in [2.75, 3.05) is 11.1 Å². The predicted octanol–water partition coefficient (Wildman–Crippen LogP) is 4.56. The molecule has 0 radical (unpaired) electrons. The van der Waals surface area contributed by atoms with Crippen molar-refractivity contribution in [1.82, 2.24) is 14.4 Å². The molecule has 7 nitrogen and oxygen atoms in total. The van der Waals surface area contributed by atoms with E-state index in [0.717, 1.165) is 34.7 Å². The molecule has 0 fully saturated rings. The highest BCUT2D eigenvalue weighted by molar-refractivity contribution is 5.95. The molecule has 1 unspecified atom stereocenters. The second-order valence-corrected chi connectivity index (χ2v) is 7.56. The van der Waals surface area contributed by atoms with Crippen molar-refractivity contribution >= 4 is 22.9 Å². The molecule has 0 saturated heterocycles. The number of halogens is 5. The van der Waals surface area contributed by atoms with Gasteiger partial charge in [-0.3, -0.25) is 9.20 Å². The molecule has 2 heterocycles. The largest absolute Gasteiger partial charge is 0.416 e. The number of fused-ring (bicyclic) bond motifs is 1. The second kappa shape index (κ2) is 8.62. The third-order valence-electron chi connectivity index (χ3n) is 5.24. The number of hydrogen-bond acceptors (Lipinski definition) is 5.